The minimum absolute atomic E-state index is 0.186. The van der Waals surface area contributed by atoms with Crippen LogP contribution in [0.3, 0.4) is 0 Å². The van der Waals surface area contributed by atoms with Crippen LogP contribution in [-0.4, -0.2) is 56.5 Å². The zero-order valence-electron chi connectivity index (χ0n) is 9.28. The molecule has 2 rings (SSSR count). The monoisotopic (exact) mass is 232 g/mol. The van der Waals surface area contributed by atoms with Gasteiger partial charge in [0.25, 0.3) is 0 Å². The third-order valence-electron chi connectivity index (χ3n) is 3.43. The lowest BCUT2D eigenvalue weighted by Gasteiger charge is -2.34. The second-order valence-electron chi connectivity index (χ2n) is 4.75. The third-order valence-corrected chi connectivity index (χ3v) is 5.22. The van der Waals surface area contributed by atoms with Gasteiger partial charge in [0, 0.05) is 25.2 Å². The number of hydrogen-bond donors (Lipinski definition) is 1. The lowest BCUT2D eigenvalue weighted by Crippen LogP contribution is -2.50. The largest absolute Gasteiger partial charge is 0.313 e. The van der Waals surface area contributed by atoms with Crippen LogP contribution in [0.1, 0.15) is 19.8 Å². The summed E-state index contributed by atoms with van der Waals surface area (Å²) in [7, 11) is -2.76. The van der Waals surface area contributed by atoms with Gasteiger partial charge in [-0.2, -0.15) is 0 Å². The summed E-state index contributed by atoms with van der Waals surface area (Å²) in [5, 5.41) is 3.45. The van der Waals surface area contributed by atoms with Gasteiger partial charge in [-0.05, 0) is 26.3 Å². The lowest BCUT2D eigenvalue weighted by atomic mass is 10.2. The van der Waals surface area contributed by atoms with Crippen molar-refractivity contribution in [2.75, 3.05) is 31.1 Å². The van der Waals surface area contributed by atoms with Crippen molar-refractivity contribution >= 4 is 9.84 Å². The highest BCUT2D eigenvalue weighted by molar-refractivity contribution is 7.91. The quantitative estimate of drug-likeness (QED) is 0.720. The van der Waals surface area contributed by atoms with Gasteiger partial charge in [-0.25, -0.2) is 8.42 Å². The zero-order valence-corrected chi connectivity index (χ0v) is 10.1. The molecule has 2 aliphatic heterocycles. The van der Waals surface area contributed by atoms with E-state index < -0.39 is 9.84 Å². The highest BCUT2D eigenvalue weighted by atomic mass is 32.2. The molecule has 2 heterocycles. The van der Waals surface area contributed by atoms with Gasteiger partial charge in [0.2, 0.25) is 0 Å². The van der Waals surface area contributed by atoms with E-state index in [4.69, 9.17) is 0 Å². The van der Waals surface area contributed by atoms with Crippen LogP contribution in [0, 0.1) is 0 Å². The first kappa shape index (κ1) is 11.4. The van der Waals surface area contributed by atoms with Crippen molar-refractivity contribution in [1.29, 1.82) is 0 Å². The van der Waals surface area contributed by atoms with Crippen LogP contribution >= 0.6 is 0 Å². The summed E-state index contributed by atoms with van der Waals surface area (Å²) in [6, 6.07) is 0.763. The predicted octanol–water partition coefficient (Wildman–Crippen LogP) is -0.143. The number of nitrogens with one attached hydrogen (secondary N) is 1. The lowest BCUT2D eigenvalue weighted by molar-refractivity contribution is 0.207. The Hall–Kier alpha value is -0.130. The molecule has 0 spiro atoms. The Bertz CT molecular complexity index is 309. The normalized spacial score (nSPS) is 36.9. The molecule has 2 atom stereocenters. The molecular formula is C10H20N2O2S. The maximum atomic E-state index is 11.4. The number of hydrogen-bond acceptors (Lipinski definition) is 4. The van der Waals surface area contributed by atoms with E-state index in [-0.39, 0.29) is 6.04 Å². The summed E-state index contributed by atoms with van der Waals surface area (Å²) in [5.41, 5.74) is 0. The van der Waals surface area contributed by atoms with Gasteiger partial charge in [0.15, 0.2) is 9.84 Å². The van der Waals surface area contributed by atoms with E-state index in [1.165, 1.54) is 12.8 Å². The number of rotatable bonds is 2. The van der Waals surface area contributed by atoms with Gasteiger partial charge in [-0.15, -0.1) is 0 Å². The highest BCUT2D eigenvalue weighted by Gasteiger charge is 2.29. The summed E-state index contributed by atoms with van der Waals surface area (Å²) < 4.78 is 22.8. The van der Waals surface area contributed by atoms with Crippen molar-refractivity contribution in [2.24, 2.45) is 0 Å². The molecule has 0 aromatic carbocycles. The summed E-state index contributed by atoms with van der Waals surface area (Å²) in [6.45, 7) is 4.86. The molecule has 0 aliphatic carbocycles. The molecule has 2 aliphatic rings. The van der Waals surface area contributed by atoms with Crippen molar-refractivity contribution in [3.05, 3.63) is 0 Å². The fraction of sp³-hybridized carbons (Fsp3) is 1.00. The SMILES string of the molecule is CC1CS(=O)(=O)CCN1CC1CCCN1. The molecule has 2 unspecified atom stereocenters. The van der Waals surface area contributed by atoms with Crippen LogP contribution < -0.4 is 5.32 Å². The van der Waals surface area contributed by atoms with Gasteiger partial charge in [-0.1, -0.05) is 0 Å². The molecule has 0 aromatic rings. The Morgan fingerprint density at radius 2 is 2.27 bits per heavy atom. The average Bonchev–Trinajstić information content (AvgIpc) is 2.61. The van der Waals surface area contributed by atoms with E-state index in [0.717, 1.165) is 13.1 Å². The third kappa shape index (κ3) is 2.92. The van der Waals surface area contributed by atoms with Crippen LogP contribution in [0.15, 0.2) is 0 Å². The van der Waals surface area contributed by atoms with Gasteiger partial charge in [-0.3, -0.25) is 4.90 Å². The van der Waals surface area contributed by atoms with Crippen molar-refractivity contribution in [2.45, 2.75) is 31.8 Å². The molecule has 2 saturated heterocycles. The van der Waals surface area contributed by atoms with Gasteiger partial charge in [0.1, 0.15) is 0 Å². The second-order valence-corrected chi connectivity index (χ2v) is 6.98. The fourth-order valence-electron chi connectivity index (χ4n) is 2.50. The molecule has 15 heavy (non-hydrogen) atoms. The Morgan fingerprint density at radius 1 is 1.47 bits per heavy atom. The van der Waals surface area contributed by atoms with Gasteiger partial charge >= 0.3 is 0 Å². The minimum atomic E-state index is -2.76. The van der Waals surface area contributed by atoms with Crippen molar-refractivity contribution < 1.29 is 8.42 Å². The topological polar surface area (TPSA) is 49.4 Å². The van der Waals surface area contributed by atoms with Crippen molar-refractivity contribution in [3.63, 3.8) is 0 Å². The van der Waals surface area contributed by atoms with Gasteiger partial charge in [0.05, 0.1) is 11.5 Å². The van der Waals surface area contributed by atoms with Crippen LogP contribution in [0.4, 0.5) is 0 Å². The minimum Gasteiger partial charge on any atom is -0.313 e. The molecule has 0 amide bonds. The smallest absolute Gasteiger partial charge is 0.153 e. The summed E-state index contributed by atoms with van der Waals surface area (Å²) in [5.74, 6) is 0.670. The van der Waals surface area contributed by atoms with Crippen LogP contribution in [0.5, 0.6) is 0 Å². The van der Waals surface area contributed by atoms with Gasteiger partial charge < -0.3 is 5.32 Å². The van der Waals surface area contributed by atoms with E-state index in [9.17, 15) is 8.42 Å². The van der Waals surface area contributed by atoms with E-state index in [1.54, 1.807) is 0 Å². The first-order valence-electron chi connectivity index (χ1n) is 5.75. The molecule has 4 nitrogen and oxygen atoms in total. The first-order valence-corrected chi connectivity index (χ1v) is 7.57. The second kappa shape index (κ2) is 4.39. The van der Waals surface area contributed by atoms with Crippen LogP contribution in [-0.2, 0) is 9.84 Å². The van der Waals surface area contributed by atoms with E-state index in [1.807, 2.05) is 6.92 Å². The maximum Gasteiger partial charge on any atom is 0.153 e. The number of sulfone groups is 1. The Balaban J connectivity index is 1.88. The maximum absolute atomic E-state index is 11.4. The number of nitrogens with zero attached hydrogens (tertiary/aromatic N) is 1. The van der Waals surface area contributed by atoms with E-state index in [0.29, 0.717) is 24.1 Å². The van der Waals surface area contributed by atoms with E-state index in [2.05, 4.69) is 10.2 Å². The molecule has 0 radical (unpaired) electrons. The molecule has 0 aromatic heterocycles. The molecule has 5 heteroatoms. The van der Waals surface area contributed by atoms with Crippen molar-refractivity contribution in [3.8, 4) is 0 Å². The Kier molecular flexibility index (Phi) is 3.33. The predicted molar refractivity (Wildman–Crippen MR) is 60.7 cm³/mol. The summed E-state index contributed by atoms with van der Waals surface area (Å²) >= 11 is 0. The zero-order chi connectivity index (χ0) is 10.9. The first-order chi connectivity index (χ1) is 7.07. The molecule has 0 saturated carbocycles. The molecule has 0 bridgehead atoms. The average molecular weight is 232 g/mol. The molecule has 2 fully saturated rings. The Labute approximate surface area is 91.9 Å². The van der Waals surface area contributed by atoms with E-state index >= 15 is 0 Å². The van der Waals surface area contributed by atoms with Crippen LogP contribution in [0.2, 0.25) is 0 Å². The summed E-state index contributed by atoms with van der Waals surface area (Å²) in [4.78, 5) is 2.31. The standard InChI is InChI=1S/C10H20N2O2S/c1-9-8-15(13,14)6-5-12(9)7-10-3-2-4-11-10/h9-11H,2-8H2,1H3. The Morgan fingerprint density at radius 3 is 2.87 bits per heavy atom. The van der Waals surface area contributed by atoms with Crippen LogP contribution in [0.25, 0.3) is 0 Å². The highest BCUT2D eigenvalue weighted by Crippen LogP contribution is 2.14. The molecule has 1 N–H and O–H groups in total. The van der Waals surface area contributed by atoms with Crippen molar-refractivity contribution in [1.82, 2.24) is 10.2 Å². The molecular weight excluding hydrogens is 212 g/mol. The summed E-state index contributed by atoms with van der Waals surface area (Å²) in [6.07, 6.45) is 2.49. The fourth-order valence-corrected chi connectivity index (χ4v) is 4.12. The molecule has 88 valence electrons.